The Morgan fingerprint density at radius 1 is 1.28 bits per heavy atom. The van der Waals surface area contributed by atoms with E-state index in [1.54, 1.807) is 11.8 Å². The maximum Gasteiger partial charge on any atom is 0.407 e. The lowest BCUT2D eigenvalue weighted by Gasteiger charge is -2.30. The number of imidazole rings is 1. The Kier molecular flexibility index (Phi) is 6.98. The maximum atomic E-state index is 13.4. The van der Waals surface area contributed by atoms with Crippen molar-refractivity contribution in [1.29, 1.82) is 0 Å². The first-order valence-electron chi connectivity index (χ1n) is 12.0. The van der Waals surface area contributed by atoms with Crippen molar-refractivity contribution in [3.63, 3.8) is 0 Å². The minimum absolute atomic E-state index is 0.0493. The number of nitrogens with one attached hydrogen (secondary N) is 2. The number of benzene rings is 1. The van der Waals surface area contributed by atoms with E-state index in [1.807, 2.05) is 49.2 Å². The molecule has 3 atom stereocenters. The average molecular weight is 529 g/mol. The molecule has 1 aromatic heterocycles. The molecule has 2 amide bonds. The van der Waals surface area contributed by atoms with Gasteiger partial charge in [0.15, 0.2) is 5.17 Å². The van der Waals surface area contributed by atoms with Crippen LogP contribution >= 0.6 is 23.4 Å². The van der Waals surface area contributed by atoms with Gasteiger partial charge >= 0.3 is 6.09 Å². The SMILES string of the molecule is COC(=O)N[C@H](C(=O)N1CCCC1c1ncc(C2CN3C=C(c4ccc(Cl)cc4)SC3=N2)[nH]1)C(C)C. The molecule has 36 heavy (non-hydrogen) atoms. The third kappa shape index (κ3) is 4.84. The number of aromatic amines is 1. The number of likely N-dealkylation sites (tertiary alicyclic amines) is 1. The molecule has 2 aromatic rings. The Morgan fingerprint density at radius 2 is 2.06 bits per heavy atom. The van der Waals surface area contributed by atoms with Gasteiger partial charge in [-0.25, -0.2) is 9.78 Å². The summed E-state index contributed by atoms with van der Waals surface area (Å²) in [6.45, 7) is 5.17. The molecule has 0 saturated carbocycles. The second kappa shape index (κ2) is 10.2. The number of aliphatic imine (C=N–C) groups is 1. The van der Waals surface area contributed by atoms with Crippen LogP contribution in [-0.2, 0) is 9.53 Å². The van der Waals surface area contributed by atoms with Crippen molar-refractivity contribution < 1.29 is 14.3 Å². The van der Waals surface area contributed by atoms with E-state index in [2.05, 4.69) is 26.4 Å². The van der Waals surface area contributed by atoms with Crippen LogP contribution in [0.2, 0.25) is 5.02 Å². The van der Waals surface area contributed by atoms with Gasteiger partial charge < -0.3 is 24.8 Å². The average Bonchev–Trinajstić information content (AvgIpc) is 3.64. The van der Waals surface area contributed by atoms with Crippen LogP contribution in [0.1, 0.15) is 55.9 Å². The van der Waals surface area contributed by atoms with Crippen molar-refractivity contribution in [3.05, 3.63) is 58.8 Å². The quantitative estimate of drug-likeness (QED) is 0.569. The van der Waals surface area contributed by atoms with Crippen molar-refractivity contribution >= 4 is 45.4 Å². The van der Waals surface area contributed by atoms with E-state index in [1.165, 1.54) is 7.11 Å². The topological polar surface area (TPSA) is 103 Å². The summed E-state index contributed by atoms with van der Waals surface area (Å²) in [5.41, 5.74) is 2.05. The van der Waals surface area contributed by atoms with Gasteiger partial charge in [0.05, 0.1) is 31.6 Å². The number of alkyl carbamates (subject to hydrolysis) is 1. The second-order valence-electron chi connectivity index (χ2n) is 9.45. The standard InChI is InChI=1S/C25H29ClN6O3S/c1-14(2)21(30-25(34)35-3)23(33)32-10-4-5-19(32)22-27-11-17(28-22)18-12-31-13-20(36-24(31)29-18)15-6-8-16(26)9-7-15/h6-9,11,13-14,18-19,21H,4-5,10,12H2,1-3H3,(H,27,28)(H,30,34)/t18?,19?,21-/m0/s1. The molecule has 190 valence electrons. The minimum Gasteiger partial charge on any atom is -0.453 e. The zero-order valence-corrected chi connectivity index (χ0v) is 22.0. The highest BCUT2D eigenvalue weighted by Crippen LogP contribution is 2.42. The third-order valence-corrected chi connectivity index (χ3v) is 8.04. The lowest BCUT2D eigenvalue weighted by atomic mass is 10.0. The van der Waals surface area contributed by atoms with Crippen molar-refractivity contribution in [2.75, 3.05) is 20.2 Å². The fourth-order valence-corrected chi connectivity index (χ4v) is 5.95. The summed E-state index contributed by atoms with van der Waals surface area (Å²) in [5, 5.41) is 4.37. The van der Waals surface area contributed by atoms with Crippen LogP contribution in [0.25, 0.3) is 4.91 Å². The summed E-state index contributed by atoms with van der Waals surface area (Å²) in [7, 11) is 1.30. The molecule has 0 radical (unpaired) electrons. The summed E-state index contributed by atoms with van der Waals surface area (Å²) in [6.07, 6.45) is 5.04. The van der Waals surface area contributed by atoms with Crippen LogP contribution in [0.15, 0.2) is 41.7 Å². The molecule has 1 fully saturated rings. The number of rotatable bonds is 6. The van der Waals surface area contributed by atoms with E-state index in [9.17, 15) is 9.59 Å². The fraction of sp³-hybridized carbons (Fsp3) is 0.440. The fourth-order valence-electron chi connectivity index (χ4n) is 4.77. The molecule has 3 aliphatic rings. The van der Waals surface area contributed by atoms with E-state index in [0.717, 1.165) is 51.6 Å². The van der Waals surface area contributed by atoms with Crippen LogP contribution in [0, 0.1) is 5.92 Å². The molecule has 2 N–H and O–H groups in total. The number of fused-ring (bicyclic) bond motifs is 1. The Labute approximate surface area is 219 Å². The molecule has 3 aliphatic heterocycles. The molecule has 4 heterocycles. The lowest BCUT2D eigenvalue weighted by molar-refractivity contribution is -0.135. The van der Waals surface area contributed by atoms with E-state index in [4.69, 9.17) is 21.3 Å². The van der Waals surface area contributed by atoms with E-state index in [0.29, 0.717) is 6.54 Å². The highest BCUT2D eigenvalue weighted by atomic mass is 35.5. The summed E-state index contributed by atoms with van der Waals surface area (Å²) in [5.74, 6) is 0.568. The smallest absolute Gasteiger partial charge is 0.407 e. The number of ether oxygens (including phenoxy) is 1. The van der Waals surface area contributed by atoms with Crippen LogP contribution < -0.4 is 5.32 Å². The normalized spacial score (nSPS) is 21.9. The van der Waals surface area contributed by atoms with E-state index >= 15 is 0 Å². The minimum atomic E-state index is -0.653. The molecule has 0 aliphatic carbocycles. The number of methoxy groups -OCH3 is 1. The van der Waals surface area contributed by atoms with Gasteiger partial charge in [0.2, 0.25) is 5.91 Å². The van der Waals surface area contributed by atoms with Gasteiger partial charge in [-0.15, -0.1) is 0 Å². The number of carbonyl (C=O) groups excluding carboxylic acids is 2. The highest BCUT2D eigenvalue weighted by Gasteiger charge is 2.38. The summed E-state index contributed by atoms with van der Waals surface area (Å²) in [4.78, 5) is 43.3. The molecule has 1 aromatic carbocycles. The number of H-pyrrole nitrogens is 1. The number of nitrogens with zero attached hydrogens (tertiary/aromatic N) is 4. The summed E-state index contributed by atoms with van der Waals surface area (Å²) in [6, 6.07) is 6.95. The van der Waals surface area contributed by atoms with Crippen molar-refractivity contribution in [1.82, 2.24) is 25.1 Å². The zero-order chi connectivity index (χ0) is 25.4. The number of hydrogen-bond acceptors (Lipinski definition) is 7. The van der Waals surface area contributed by atoms with Gasteiger partial charge in [-0.2, -0.15) is 0 Å². The van der Waals surface area contributed by atoms with Crippen molar-refractivity contribution in [2.45, 2.75) is 44.8 Å². The first-order chi connectivity index (χ1) is 17.3. The van der Waals surface area contributed by atoms with Crippen LogP contribution in [-0.4, -0.2) is 63.2 Å². The monoisotopic (exact) mass is 528 g/mol. The van der Waals surface area contributed by atoms with Crippen molar-refractivity contribution in [2.24, 2.45) is 10.9 Å². The first-order valence-corrected chi connectivity index (χ1v) is 13.2. The predicted octanol–water partition coefficient (Wildman–Crippen LogP) is 4.57. The molecule has 1 saturated heterocycles. The number of amidine groups is 1. The Balaban J connectivity index is 1.27. The molecule has 0 spiro atoms. The zero-order valence-electron chi connectivity index (χ0n) is 20.4. The molecule has 11 heteroatoms. The number of halogens is 1. The summed E-state index contributed by atoms with van der Waals surface area (Å²) < 4.78 is 4.72. The molecule has 5 rings (SSSR count). The largest absolute Gasteiger partial charge is 0.453 e. The van der Waals surface area contributed by atoms with Crippen LogP contribution in [0.5, 0.6) is 0 Å². The summed E-state index contributed by atoms with van der Waals surface area (Å²) >= 11 is 7.67. The van der Waals surface area contributed by atoms with Crippen molar-refractivity contribution in [3.8, 4) is 0 Å². The lowest BCUT2D eigenvalue weighted by Crippen LogP contribution is -2.51. The number of amides is 2. The number of thioether (sulfide) groups is 1. The Bertz CT molecular complexity index is 1210. The van der Waals surface area contributed by atoms with Gasteiger partial charge in [-0.05, 0) is 48.2 Å². The highest BCUT2D eigenvalue weighted by molar-refractivity contribution is 8.22. The Morgan fingerprint density at radius 3 is 2.75 bits per heavy atom. The van der Waals surface area contributed by atoms with E-state index < -0.39 is 12.1 Å². The van der Waals surface area contributed by atoms with Crippen LogP contribution in [0.3, 0.4) is 0 Å². The molecule has 9 nitrogen and oxygen atoms in total. The third-order valence-electron chi connectivity index (χ3n) is 6.70. The number of aromatic nitrogens is 2. The van der Waals surface area contributed by atoms with Gasteiger partial charge in [0.1, 0.15) is 17.9 Å². The van der Waals surface area contributed by atoms with Gasteiger partial charge in [0.25, 0.3) is 0 Å². The first kappa shape index (κ1) is 24.7. The van der Waals surface area contributed by atoms with Gasteiger partial charge in [-0.3, -0.25) is 9.79 Å². The number of hydrogen-bond donors (Lipinski definition) is 2. The number of carbonyl (C=O) groups is 2. The maximum absolute atomic E-state index is 13.4. The molecular formula is C25H29ClN6O3S. The van der Waals surface area contributed by atoms with E-state index in [-0.39, 0.29) is 23.9 Å². The van der Waals surface area contributed by atoms with Gasteiger partial charge in [0, 0.05) is 22.7 Å². The second-order valence-corrected chi connectivity index (χ2v) is 10.9. The molecule has 0 bridgehead atoms. The predicted molar refractivity (Wildman–Crippen MR) is 140 cm³/mol. The van der Waals surface area contributed by atoms with Gasteiger partial charge in [-0.1, -0.05) is 37.6 Å². The Hall–Kier alpha value is -2.98. The van der Waals surface area contributed by atoms with Crippen LogP contribution in [0.4, 0.5) is 4.79 Å². The molecule has 2 unspecified atom stereocenters. The molecular weight excluding hydrogens is 500 g/mol.